The van der Waals surface area contributed by atoms with Gasteiger partial charge >= 0.3 is 5.97 Å². The van der Waals surface area contributed by atoms with Gasteiger partial charge in [0.25, 0.3) is 0 Å². The summed E-state index contributed by atoms with van der Waals surface area (Å²) in [6.45, 7) is 13.4. The summed E-state index contributed by atoms with van der Waals surface area (Å²) in [4.78, 5) is 15.2. The maximum absolute atomic E-state index is 11.1. The molecule has 0 heterocycles. The average molecular weight is 276 g/mol. The van der Waals surface area contributed by atoms with E-state index < -0.39 is 11.6 Å². The fourth-order valence-corrected chi connectivity index (χ4v) is 0.797. The molecule has 1 atom stereocenters. The summed E-state index contributed by atoms with van der Waals surface area (Å²) >= 11 is 0. The molecule has 0 aliphatic rings. The van der Waals surface area contributed by atoms with Gasteiger partial charge in [0, 0.05) is 6.61 Å². The zero-order chi connectivity index (χ0) is 15.7. The first-order chi connectivity index (χ1) is 9.02. The Hall–Kier alpha value is -1.17. The van der Waals surface area contributed by atoms with Gasteiger partial charge < -0.3 is 9.47 Å². The zero-order valence-electron chi connectivity index (χ0n) is 12.9. The normalized spacial score (nSPS) is 12.4. The Labute approximate surface area is 116 Å². The van der Waals surface area contributed by atoms with Crippen LogP contribution < -0.4 is 0 Å². The molecule has 0 aromatic heterocycles. The first-order valence-corrected chi connectivity index (χ1v) is 6.25. The van der Waals surface area contributed by atoms with Crippen molar-refractivity contribution in [3.63, 3.8) is 0 Å². The van der Waals surface area contributed by atoms with Gasteiger partial charge in [0.2, 0.25) is 5.60 Å². The van der Waals surface area contributed by atoms with E-state index in [1.54, 1.807) is 12.2 Å². The number of carbonyl (C=O) groups excluding carboxylic acids is 1. The lowest BCUT2D eigenvalue weighted by Crippen LogP contribution is -2.36. The summed E-state index contributed by atoms with van der Waals surface area (Å²) in [6.07, 6.45) is 4.71. The van der Waals surface area contributed by atoms with Crippen LogP contribution in [0.2, 0.25) is 0 Å². The quantitative estimate of drug-likeness (QED) is 0.265. The van der Waals surface area contributed by atoms with Crippen LogP contribution in [0.1, 0.15) is 34.6 Å². The van der Waals surface area contributed by atoms with Crippen LogP contribution in [0.3, 0.4) is 0 Å². The number of hydrogen-bond acceptors (Lipinski definition) is 5. The first kappa shape index (κ1) is 23.0. The minimum absolute atomic E-state index is 0.354. The van der Waals surface area contributed by atoms with Crippen LogP contribution in [0.5, 0.6) is 0 Å². The van der Waals surface area contributed by atoms with Crippen molar-refractivity contribution in [2.45, 2.75) is 40.2 Å². The standard InChI is InChI=1S/C9H16O5.C3H6.C2H6/c1-4-13-7-5-6-9(2,14-11)8(10)12-3;1-3-2;1-2/h5-6,11H,4,7H2,1-3H3;3H,1H2,2H3;1-2H3/b6-5+;;. The SMILES string of the molecule is C=CC.CC.CCOC/C=C/C(C)(OO)C(=O)OC. The topological polar surface area (TPSA) is 65.0 Å². The third-order valence-corrected chi connectivity index (χ3v) is 1.63. The van der Waals surface area contributed by atoms with Crippen LogP contribution in [-0.2, 0) is 19.2 Å². The summed E-state index contributed by atoms with van der Waals surface area (Å²) in [6, 6.07) is 0. The fourth-order valence-electron chi connectivity index (χ4n) is 0.797. The summed E-state index contributed by atoms with van der Waals surface area (Å²) in [5.74, 6) is -0.673. The van der Waals surface area contributed by atoms with E-state index in [4.69, 9.17) is 9.99 Å². The van der Waals surface area contributed by atoms with Crippen molar-refractivity contribution >= 4 is 5.97 Å². The van der Waals surface area contributed by atoms with Crippen molar-refractivity contribution in [1.82, 2.24) is 0 Å². The molecule has 0 fully saturated rings. The minimum atomic E-state index is -1.47. The average Bonchev–Trinajstić information content (AvgIpc) is 2.45. The highest BCUT2D eigenvalue weighted by atomic mass is 17.1. The van der Waals surface area contributed by atoms with E-state index in [1.165, 1.54) is 20.1 Å². The Morgan fingerprint density at radius 3 is 2.21 bits per heavy atom. The number of ether oxygens (including phenoxy) is 2. The molecule has 0 aromatic rings. The number of methoxy groups -OCH3 is 1. The zero-order valence-corrected chi connectivity index (χ0v) is 12.9. The molecule has 5 heteroatoms. The van der Waals surface area contributed by atoms with Gasteiger partial charge in [-0.3, -0.25) is 5.26 Å². The van der Waals surface area contributed by atoms with Crippen LogP contribution in [0.15, 0.2) is 24.8 Å². The molecule has 0 radical (unpaired) electrons. The molecule has 0 saturated heterocycles. The molecule has 1 unspecified atom stereocenters. The smallest absolute Gasteiger partial charge is 0.345 e. The Balaban J connectivity index is -0.000000445. The van der Waals surface area contributed by atoms with E-state index in [9.17, 15) is 4.79 Å². The summed E-state index contributed by atoms with van der Waals surface area (Å²) in [5.41, 5.74) is -1.47. The van der Waals surface area contributed by atoms with E-state index in [-0.39, 0.29) is 0 Å². The van der Waals surface area contributed by atoms with Crippen molar-refractivity contribution < 1.29 is 24.4 Å². The molecule has 0 bridgehead atoms. The van der Waals surface area contributed by atoms with Crippen LogP contribution in [0.4, 0.5) is 0 Å². The second-order valence-electron chi connectivity index (χ2n) is 3.16. The van der Waals surface area contributed by atoms with Crippen LogP contribution in [0.25, 0.3) is 0 Å². The summed E-state index contributed by atoms with van der Waals surface area (Å²) < 4.78 is 9.46. The predicted molar refractivity (Wildman–Crippen MR) is 77.0 cm³/mol. The van der Waals surface area contributed by atoms with Crippen LogP contribution in [0, 0.1) is 0 Å². The van der Waals surface area contributed by atoms with E-state index in [2.05, 4.69) is 16.2 Å². The molecular formula is C14H28O5. The lowest BCUT2D eigenvalue weighted by Gasteiger charge is -2.18. The number of esters is 1. The summed E-state index contributed by atoms with van der Waals surface area (Å²) in [7, 11) is 1.22. The molecule has 0 aliphatic carbocycles. The van der Waals surface area contributed by atoms with Crippen molar-refractivity contribution in [1.29, 1.82) is 0 Å². The molecule has 1 N–H and O–H groups in total. The van der Waals surface area contributed by atoms with Crippen LogP contribution >= 0.6 is 0 Å². The van der Waals surface area contributed by atoms with Crippen LogP contribution in [-0.4, -0.2) is 37.2 Å². The molecule has 0 saturated carbocycles. The van der Waals surface area contributed by atoms with Gasteiger partial charge in [0.05, 0.1) is 13.7 Å². The number of rotatable bonds is 6. The van der Waals surface area contributed by atoms with E-state index in [0.717, 1.165) is 0 Å². The van der Waals surface area contributed by atoms with E-state index in [1.807, 2.05) is 27.7 Å². The molecule has 0 aliphatic heterocycles. The van der Waals surface area contributed by atoms with Gasteiger partial charge in [0.15, 0.2) is 0 Å². The maximum Gasteiger partial charge on any atom is 0.345 e. The molecule has 5 nitrogen and oxygen atoms in total. The molecule has 0 aromatic carbocycles. The number of hydrogen-bond donors (Lipinski definition) is 1. The Bertz CT molecular complexity index is 238. The van der Waals surface area contributed by atoms with E-state index in [0.29, 0.717) is 13.2 Å². The van der Waals surface area contributed by atoms with Gasteiger partial charge in [-0.2, -0.15) is 0 Å². The monoisotopic (exact) mass is 276 g/mol. The van der Waals surface area contributed by atoms with Gasteiger partial charge in [0.1, 0.15) is 0 Å². The number of allylic oxidation sites excluding steroid dienone is 1. The van der Waals surface area contributed by atoms with Gasteiger partial charge in [-0.05, 0) is 26.8 Å². The van der Waals surface area contributed by atoms with Gasteiger partial charge in [-0.15, -0.1) is 6.58 Å². The van der Waals surface area contributed by atoms with Gasteiger partial charge in [-0.1, -0.05) is 26.0 Å². The highest BCUT2D eigenvalue weighted by Crippen LogP contribution is 2.12. The fraction of sp³-hybridized carbons (Fsp3) is 0.643. The van der Waals surface area contributed by atoms with Crippen molar-refractivity contribution in [2.75, 3.05) is 20.3 Å². The highest BCUT2D eigenvalue weighted by molar-refractivity contribution is 5.81. The highest BCUT2D eigenvalue weighted by Gasteiger charge is 2.33. The molecule has 0 amide bonds. The third-order valence-electron chi connectivity index (χ3n) is 1.63. The molecule has 0 rings (SSSR count). The van der Waals surface area contributed by atoms with E-state index >= 15 is 0 Å². The first-order valence-electron chi connectivity index (χ1n) is 6.25. The van der Waals surface area contributed by atoms with Crippen molar-refractivity contribution in [2.24, 2.45) is 0 Å². The second-order valence-corrected chi connectivity index (χ2v) is 3.16. The molecular weight excluding hydrogens is 248 g/mol. The Kier molecular flexibility index (Phi) is 20.3. The lowest BCUT2D eigenvalue weighted by molar-refractivity contribution is -0.298. The maximum atomic E-state index is 11.1. The molecule has 0 spiro atoms. The number of carbonyl (C=O) groups is 1. The second kappa shape index (κ2) is 16.8. The Morgan fingerprint density at radius 2 is 1.89 bits per heavy atom. The Morgan fingerprint density at radius 1 is 1.42 bits per heavy atom. The molecule has 114 valence electrons. The predicted octanol–water partition coefficient (Wildman–Crippen LogP) is 3.22. The summed E-state index contributed by atoms with van der Waals surface area (Å²) in [5, 5.41) is 8.55. The van der Waals surface area contributed by atoms with Crippen molar-refractivity contribution in [3.8, 4) is 0 Å². The van der Waals surface area contributed by atoms with Gasteiger partial charge in [-0.25, -0.2) is 9.68 Å². The largest absolute Gasteiger partial charge is 0.467 e. The van der Waals surface area contributed by atoms with Crippen molar-refractivity contribution in [3.05, 3.63) is 24.8 Å². The third kappa shape index (κ3) is 13.1. The lowest BCUT2D eigenvalue weighted by atomic mass is 10.1. The minimum Gasteiger partial charge on any atom is -0.467 e. The molecule has 19 heavy (non-hydrogen) atoms.